The van der Waals surface area contributed by atoms with Crippen molar-refractivity contribution in [3.05, 3.63) is 64.1 Å². The molecule has 1 aliphatic heterocycles. The van der Waals surface area contributed by atoms with Gasteiger partial charge in [-0.15, -0.1) is 0 Å². The number of nitrogens with zero attached hydrogens (tertiary/aromatic N) is 1. The van der Waals surface area contributed by atoms with Crippen molar-refractivity contribution < 1.29 is 14.6 Å². The second-order valence-electron chi connectivity index (χ2n) is 5.70. The fourth-order valence-corrected chi connectivity index (χ4v) is 3.24. The van der Waals surface area contributed by atoms with E-state index in [4.69, 9.17) is 27.9 Å². The van der Waals surface area contributed by atoms with Crippen LogP contribution in [0, 0.1) is 0 Å². The van der Waals surface area contributed by atoms with Crippen LogP contribution in [0.2, 0.25) is 10.0 Å². The van der Waals surface area contributed by atoms with Crippen LogP contribution in [-0.2, 0) is 15.1 Å². The van der Waals surface area contributed by atoms with E-state index in [-0.39, 0.29) is 19.1 Å². The molecule has 0 aromatic heterocycles. The van der Waals surface area contributed by atoms with Crippen molar-refractivity contribution in [2.24, 2.45) is 0 Å². The van der Waals surface area contributed by atoms with Crippen LogP contribution in [0.5, 0.6) is 0 Å². The van der Waals surface area contributed by atoms with Gasteiger partial charge in [-0.25, -0.2) is 0 Å². The molecule has 1 N–H and O–H groups in total. The van der Waals surface area contributed by atoms with Crippen molar-refractivity contribution in [1.82, 2.24) is 0 Å². The molecular weight excluding hydrogens is 349 g/mol. The number of hydrogen-bond donors (Lipinski definition) is 1. The van der Waals surface area contributed by atoms with Gasteiger partial charge in [0.05, 0.1) is 16.6 Å². The molecule has 1 fully saturated rings. The van der Waals surface area contributed by atoms with Crippen molar-refractivity contribution in [3.63, 3.8) is 0 Å². The number of para-hydroxylation sites is 1. The third-order valence-electron chi connectivity index (χ3n) is 4.22. The summed E-state index contributed by atoms with van der Waals surface area (Å²) in [6, 6.07) is 14.7. The lowest BCUT2D eigenvalue weighted by Gasteiger charge is -2.42. The first-order valence-electron chi connectivity index (χ1n) is 7.61. The molecule has 2 aromatic carbocycles. The number of morpholine rings is 1. The van der Waals surface area contributed by atoms with E-state index in [1.165, 1.54) is 0 Å². The van der Waals surface area contributed by atoms with E-state index in [9.17, 15) is 9.90 Å². The maximum absolute atomic E-state index is 12.3. The summed E-state index contributed by atoms with van der Waals surface area (Å²) in [6.07, 6.45) is 0.349. The number of anilines is 1. The number of aliphatic hydroxyl groups is 1. The first-order chi connectivity index (χ1) is 11.6. The summed E-state index contributed by atoms with van der Waals surface area (Å²) < 4.78 is 5.90. The molecule has 6 heteroatoms. The number of aliphatic hydroxyl groups excluding tert-OH is 1. The zero-order valence-electron chi connectivity index (χ0n) is 12.9. The molecule has 0 radical (unpaired) electrons. The van der Waals surface area contributed by atoms with Gasteiger partial charge in [-0.2, -0.15) is 0 Å². The lowest BCUT2D eigenvalue weighted by molar-refractivity contribution is -0.142. The Morgan fingerprint density at radius 3 is 2.54 bits per heavy atom. The van der Waals surface area contributed by atoms with Gasteiger partial charge in [0, 0.05) is 18.7 Å². The first kappa shape index (κ1) is 17.2. The number of ether oxygens (including phenoxy) is 1. The predicted molar refractivity (Wildman–Crippen MR) is 94.6 cm³/mol. The average Bonchev–Trinajstić information content (AvgIpc) is 2.60. The quantitative estimate of drug-likeness (QED) is 0.899. The molecule has 0 spiro atoms. The highest BCUT2D eigenvalue weighted by molar-refractivity contribution is 6.42. The van der Waals surface area contributed by atoms with Crippen molar-refractivity contribution in [1.29, 1.82) is 0 Å². The minimum Gasteiger partial charge on any atom is -0.396 e. The van der Waals surface area contributed by atoms with Crippen LogP contribution in [0.25, 0.3) is 0 Å². The molecule has 1 atom stereocenters. The predicted octanol–water partition coefficient (Wildman–Crippen LogP) is 3.63. The number of benzene rings is 2. The monoisotopic (exact) mass is 365 g/mol. The highest BCUT2D eigenvalue weighted by Crippen LogP contribution is 2.37. The van der Waals surface area contributed by atoms with E-state index in [2.05, 4.69) is 0 Å². The zero-order chi connectivity index (χ0) is 17.2. The highest BCUT2D eigenvalue weighted by atomic mass is 35.5. The topological polar surface area (TPSA) is 49.8 Å². The van der Waals surface area contributed by atoms with Crippen molar-refractivity contribution in [2.45, 2.75) is 12.0 Å². The molecule has 0 aliphatic carbocycles. The maximum atomic E-state index is 12.3. The summed E-state index contributed by atoms with van der Waals surface area (Å²) in [4.78, 5) is 14.0. The van der Waals surface area contributed by atoms with Gasteiger partial charge < -0.3 is 14.7 Å². The Labute approximate surface area is 150 Å². The van der Waals surface area contributed by atoms with Gasteiger partial charge in [-0.1, -0.05) is 47.5 Å². The number of halogens is 2. The summed E-state index contributed by atoms with van der Waals surface area (Å²) in [5.41, 5.74) is 0.764. The molecule has 1 unspecified atom stereocenters. The van der Waals surface area contributed by atoms with Crippen LogP contribution in [0.3, 0.4) is 0 Å². The van der Waals surface area contributed by atoms with E-state index >= 15 is 0 Å². The Hall–Kier alpha value is -1.59. The van der Waals surface area contributed by atoms with Crippen LogP contribution >= 0.6 is 23.2 Å². The molecule has 1 amide bonds. The molecule has 4 nitrogen and oxygen atoms in total. The standard InChI is InChI=1S/C18H17Cl2NO3/c19-15-7-6-13(10-16(15)20)18(8-9-22)12-21(17(23)11-24-18)14-4-2-1-3-5-14/h1-7,10,22H,8-9,11-12H2. The number of rotatable bonds is 4. The summed E-state index contributed by atoms with van der Waals surface area (Å²) in [5.74, 6) is -0.116. The van der Waals surface area contributed by atoms with Crippen molar-refractivity contribution in [3.8, 4) is 0 Å². The lowest BCUT2D eigenvalue weighted by Crippen LogP contribution is -2.53. The SMILES string of the molecule is O=C1COC(CCO)(c2ccc(Cl)c(Cl)c2)CN1c1ccccc1. The smallest absolute Gasteiger partial charge is 0.253 e. The molecule has 1 aliphatic rings. The van der Waals surface area contributed by atoms with Gasteiger partial charge >= 0.3 is 0 Å². The number of carbonyl (C=O) groups is 1. The molecule has 1 saturated heterocycles. The highest BCUT2D eigenvalue weighted by Gasteiger charge is 2.41. The summed E-state index contributed by atoms with van der Waals surface area (Å²) >= 11 is 12.1. The number of carbonyl (C=O) groups excluding carboxylic acids is 1. The Bertz CT molecular complexity index is 738. The normalized spacial score (nSPS) is 21.1. The molecule has 0 bridgehead atoms. The van der Waals surface area contributed by atoms with Crippen molar-refractivity contribution >= 4 is 34.8 Å². The van der Waals surface area contributed by atoms with Crippen LogP contribution in [0.15, 0.2) is 48.5 Å². The summed E-state index contributed by atoms with van der Waals surface area (Å²) in [6.45, 7) is 0.167. The van der Waals surface area contributed by atoms with Gasteiger partial charge in [0.2, 0.25) is 0 Å². The van der Waals surface area contributed by atoms with E-state index in [1.54, 1.807) is 17.0 Å². The fourth-order valence-electron chi connectivity index (χ4n) is 2.94. The van der Waals surface area contributed by atoms with E-state index in [1.807, 2.05) is 36.4 Å². The van der Waals surface area contributed by atoms with Gasteiger partial charge in [0.15, 0.2) is 0 Å². The zero-order valence-corrected chi connectivity index (χ0v) is 14.4. The van der Waals surface area contributed by atoms with E-state index in [0.29, 0.717) is 23.0 Å². The van der Waals surface area contributed by atoms with Crippen LogP contribution < -0.4 is 4.90 Å². The molecule has 3 rings (SSSR count). The minimum absolute atomic E-state index is 0.0604. The van der Waals surface area contributed by atoms with Crippen LogP contribution in [-0.4, -0.2) is 30.8 Å². The van der Waals surface area contributed by atoms with E-state index < -0.39 is 5.60 Å². The van der Waals surface area contributed by atoms with Gasteiger partial charge in [-0.3, -0.25) is 4.79 Å². The molecule has 1 heterocycles. The Morgan fingerprint density at radius 1 is 1.12 bits per heavy atom. The maximum Gasteiger partial charge on any atom is 0.253 e. The molecular formula is C18H17Cl2NO3. The fraction of sp³-hybridized carbons (Fsp3) is 0.278. The number of hydrogen-bond acceptors (Lipinski definition) is 3. The molecule has 24 heavy (non-hydrogen) atoms. The van der Waals surface area contributed by atoms with E-state index in [0.717, 1.165) is 11.3 Å². The molecule has 2 aromatic rings. The van der Waals surface area contributed by atoms with Gasteiger partial charge in [-0.05, 0) is 29.8 Å². The molecule has 126 valence electrons. The Balaban J connectivity index is 2.00. The van der Waals surface area contributed by atoms with Gasteiger partial charge in [0.25, 0.3) is 5.91 Å². The molecule has 0 saturated carbocycles. The Kier molecular flexibility index (Phi) is 5.11. The summed E-state index contributed by atoms with van der Waals surface area (Å²) in [5, 5.41) is 10.4. The average molecular weight is 366 g/mol. The first-order valence-corrected chi connectivity index (χ1v) is 8.37. The second-order valence-corrected chi connectivity index (χ2v) is 6.52. The summed E-state index contributed by atoms with van der Waals surface area (Å²) in [7, 11) is 0. The Morgan fingerprint density at radius 2 is 1.88 bits per heavy atom. The van der Waals surface area contributed by atoms with Gasteiger partial charge in [0.1, 0.15) is 12.2 Å². The minimum atomic E-state index is -0.827. The lowest BCUT2D eigenvalue weighted by atomic mass is 9.88. The van der Waals surface area contributed by atoms with Crippen molar-refractivity contribution in [2.75, 3.05) is 24.7 Å². The third kappa shape index (κ3) is 3.28. The largest absolute Gasteiger partial charge is 0.396 e. The number of amides is 1. The second kappa shape index (κ2) is 7.11. The third-order valence-corrected chi connectivity index (χ3v) is 4.95. The van der Waals surface area contributed by atoms with Crippen LogP contribution in [0.1, 0.15) is 12.0 Å². The van der Waals surface area contributed by atoms with Crippen LogP contribution in [0.4, 0.5) is 5.69 Å².